The molecule has 3 N–H and O–H groups in total. The Balaban J connectivity index is 0.000000287. The van der Waals surface area contributed by atoms with Gasteiger partial charge in [-0.1, -0.05) is 47.5 Å². The van der Waals surface area contributed by atoms with E-state index in [0.717, 1.165) is 67.7 Å². The number of nitro benzene ring substituents is 1. The SMILES string of the molecule is CC(C)(C)OC(=O)N(CCCc1ccc(Cl)cc1)[C@@H]1CCC[C@H]1N.CC(C)(C)OC(=O)N(CCCc1ccc(Cl)cc1)[C@@H]1CCC[C@H]1NS(=O)(=O)c1ccc([N+](=O)[O-])cc1. The summed E-state index contributed by atoms with van der Waals surface area (Å²) < 4.78 is 40.0. The predicted molar refractivity (Wildman–Crippen MR) is 236 cm³/mol. The molecule has 0 saturated heterocycles. The average Bonchev–Trinajstić information content (AvgIpc) is 3.80. The quantitative estimate of drug-likeness (QED) is 0.118. The number of nitrogens with two attached hydrogens (primary N) is 1. The van der Waals surface area contributed by atoms with Gasteiger partial charge in [0.25, 0.3) is 5.69 Å². The maximum atomic E-state index is 13.2. The summed E-state index contributed by atoms with van der Waals surface area (Å²) in [5.41, 5.74) is 7.15. The number of nitrogens with zero attached hydrogens (tertiary/aromatic N) is 3. The molecule has 2 aliphatic carbocycles. The molecule has 60 heavy (non-hydrogen) atoms. The second-order valence-corrected chi connectivity index (χ2v) is 20.0. The zero-order chi connectivity index (χ0) is 44.3. The highest BCUT2D eigenvalue weighted by Crippen LogP contribution is 2.29. The summed E-state index contributed by atoms with van der Waals surface area (Å²) in [6.07, 6.45) is 7.39. The molecular formula is C44H61Cl2N5O8S. The molecule has 16 heteroatoms. The van der Waals surface area contributed by atoms with Gasteiger partial charge in [0.1, 0.15) is 11.2 Å². The third-order valence-electron chi connectivity index (χ3n) is 10.3. The first-order chi connectivity index (χ1) is 28.1. The van der Waals surface area contributed by atoms with Gasteiger partial charge in [0.15, 0.2) is 0 Å². The monoisotopic (exact) mass is 889 g/mol. The molecule has 3 aromatic carbocycles. The molecular weight excluding hydrogens is 829 g/mol. The van der Waals surface area contributed by atoms with Gasteiger partial charge in [-0.3, -0.25) is 10.1 Å². The molecule has 4 atom stereocenters. The van der Waals surface area contributed by atoms with Crippen molar-refractivity contribution < 1.29 is 32.4 Å². The Kier molecular flexibility index (Phi) is 17.6. The lowest BCUT2D eigenvalue weighted by Gasteiger charge is -2.35. The van der Waals surface area contributed by atoms with Gasteiger partial charge in [-0.2, -0.15) is 0 Å². The number of rotatable bonds is 14. The van der Waals surface area contributed by atoms with Gasteiger partial charge in [-0.25, -0.2) is 22.7 Å². The van der Waals surface area contributed by atoms with E-state index in [4.69, 9.17) is 38.4 Å². The summed E-state index contributed by atoms with van der Waals surface area (Å²) in [6, 6.07) is 19.4. The summed E-state index contributed by atoms with van der Waals surface area (Å²) >= 11 is 11.9. The average molecular weight is 891 g/mol. The fraction of sp³-hybridized carbons (Fsp3) is 0.545. The van der Waals surface area contributed by atoms with Crippen molar-refractivity contribution in [1.82, 2.24) is 14.5 Å². The van der Waals surface area contributed by atoms with Crippen LogP contribution in [0.4, 0.5) is 15.3 Å². The van der Waals surface area contributed by atoms with E-state index >= 15 is 0 Å². The minimum atomic E-state index is -3.94. The Morgan fingerprint density at radius 2 is 1.17 bits per heavy atom. The van der Waals surface area contributed by atoms with Gasteiger partial charge < -0.3 is 25.0 Å². The molecule has 0 unspecified atom stereocenters. The molecule has 330 valence electrons. The number of non-ortho nitro benzene ring substituents is 1. The van der Waals surface area contributed by atoms with E-state index in [1.807, 2.05) is 74.2 Å². The van der Waals surface area contributed by atoms with Crippen LogP contribution in [0.25, 0.3) is 0 Å². The van der Waals surface area contributed by atoms with Gasteiger partial charge in [0.2, 0.25) is 10.0 Å². The first-order valence-corrected chi connectivity index (χ1v) is 22.9. The molecule has 13 nitrogen and oxygen atoms in total. The van der Waals surface area contributed by atoms with Crippen LogP contribution in [0.5, 0.6) is 0 Å². The van der Waals surface area contributed by atoms with Crippen LogP contribution in [-0.4, -0.2) is 83.8 Å². The highest BCUT2D eigenvalue weighted by atomic mass is 35.5. The number of amides is 2. The number of sulfonamides is 1. The Hall–Kier alpha value is -3.95. The van der Waals surface area contributed by atoms with E-state index in [-0.39, 0.29) is 34.8 Å². The van der Waals surface area contributed by atoms with Crippen LogP contribution in [0.15, 0.2) is 77.7 Å². The number of carbonyl (C=O) groups excluding carboxylic acids is 2. The number of nitro groups is 1. The van der Waals surface area contributed by atoms with E-state index in [2.05, 4.69) is 4.72 Å². The van der Waals surface area contributed by atoms with E-state index in [1.165, 1.54) is 17.7 Å². The number of hydrogen-bond donors (Lipinski definition) is 2. The van der Waals surface area contributed by atoms with Crippen LogP contribution in [0, 0.1) is 10.1 Å². The van der Waals surface area contributed by atoms with Crippen molar-refractivity contribution in [2.75, 3.05) is 13.1 Å². The van der Waals surface area contributed by atoms with Crippen LogP contribution >= 0.6 is 23.2 Å². The minimum absolute atomic E-state index is 0.0491. The summed E-state index contributed by atoms with van der Waals surface area (Å²) in [5.74, 6) is 0. The van der Waals surface area contributed by atoms with Crippen LogP contribution in [0.3, 0.4) is 0 Å². The van der Waals surface area contributed by atoms with Gasteiger partial charge in [-0.05, 0) is 153 Å². The largest absolute Gasteiger partial charge is 0.444 e. The van der Waals surface area contributed by atoms with Crippen molar-refractivity contribution in [1.29, 1.82) is 0 Å². The molecule has 0 heterocycles. The van der Waals surface area contributed by atoms with Crippen molar-refractivity contribution >= 4 is 51.1 Å². The third-order valence-corrected chi connectivity index (χ3v) is 12.3. The summed E-state index contributed by atoms with van der Waals surface area (Å²) in [4.78, 5) is 39.5. The molecule has 2 aliphatic rings. The molecule has 2 amide bonds. The normalized spacial score (nSPS) is 19.2. The lowest BCUT2D eigenvalue weighted by molar-refractivity contribution is -0.384. The molecule has 2 fully saturated rings. The lowest BCUT2D eigenvalue weighted by Crippen LogP contribution is -2.52. The Labute approximate surface area is 365 Å². The van der Waals surface area contributed by atoms with Crippen LogP contribution < -0.4 is 10.5 Å². The van der Waals surface area contributed by atoms with Gasteiger partial charge in [-0.15, -0.1) is 0 Å². The third kappa shape index (κ3) is 15.5. The first kappa shape index (κ1) is 48.7. The van der Waals surface area contributed by atoms with E-state index in [1.54, 1.807) is 25.7 Å². The zero-order valence-electron chi connectivity index (χ0n) is 35.6. The summed E-state index contributed by atoms with van der Waals surface area (Å²) in [6.45, 7) is 12.1. The first-order valence-electron chi connectivity index (χ1n) is 20.6. The maximum Gasteiger partial charge on any atom is 0.410 e. The topological polar surface area (TPSA) is 174 Å². The zero-order valence-corrected chi connectivity index (χ0v) is 37.9. The second kappa shape index (κ2) is 21.7. The highest BCUT2D eigenvalue weighted by molar-refractivity contribution is 7.89. The molecule has 0 aromatic heterocycles. The number of nitrogens with one attached hydrogen (secondary N) is 1. The fourth-order valence-corrected chi connectivity index (χ4v) is 9.01. The number of ether oxygens (including phenoxy) is 2. The van der Waals surface area contributed by atoms with E-state index < -0.39 is 38.3 Å². The van der Waals surface area contributed by atoms with Crippen LogP contribution in [0.1, 0.15) is 104 Å². The molecule has 0 radical (unpaired) electrons. The fourth-order valence-electron chi connectivity index (χ4n) is 7.46. The van der Waals surface area contributed by atoms with Gasteiger partial charge in [0.05, 0.1) is 21.9 Å². The predicted octanol–water partition coefficient (Wildman–Crippen LogP) is 9.71. The van der Waals surface area contributed by atoms with Crippen molar-refractivity contribution in [3.05, 3.63) is 104 Å². The number of hydrogen-bond acceptors (Lipinski definition) is 9. The molecule has 3 aromatic rings. The van der Waals surface area contributed by atoms with E-state index in [0.29, 0.717) is 37.4 Å². The van der Waals surface area contributed by atoms with Gasteiger partial charge >= 0.3 is 12.2 Å². The highest BCUT2D eigenvalue weighted by Gasteiger charge is 2.39. The number of carbonyl (C=O) groups is 2. The number of aryl methyl sites for hydroxylation is 2. The molecule has 5 rings (SSSR count). The minimum Gasteiger partial charge on any atom is -0.444 e. The molecule has 0 spiro atoms. The second-order valence-electron chi connectivity index (χ2n) is 17.4. The summed E-state index contributed by atoms with van der Waals surface area (Å²) in [5, 5.41) is 12.3. The lowest BCUT2D eigenvalue weighted by atomic mass is 10.1. The van der Waals surface area contributed by atoms with Crippen molar-refractivity contribution in [3.8, 4) is 0 Å². The van der Waals surface area contributed by atoms with Gasteiger partial charge in [0, 0.05) is 47.4 Å². The molecule has 0 aliphatic heterocycles. The smallest absolute Gasteiger partial charge is 0.410 e. The maximum absolute atomic E-state index is 13.2. The molecule has 2 saturated carbocycles. The Bertz CT molecular complexity index is 1970. The van der Waals surface area contributed by atoms with Crippen LogP contribution in [-0.2, 0) is 32.3 Å². The number of benzene rings is 3. The Morgan fingerprint density at radius 3 is 1.58 bits per heavy atom. The van der Waals surface area contributed by atoms with E-state index in [9.17, 15) is 28.1 Å². The number of halogens is 2. The van der Waals surface area contributed by atoms with Crippen LogP contribution in [0.2, 0.25) is 10.0 Å². The Morgan fingerprint density at radius 1 is 0.733 bits per heavy atom. The summed E-state index contributed by atoms with van der Waals surface area (Å²) in [7, 11) is -3.94. The standard InChI is InChI=1S/C25H32ClN3O6S.C19H29ClN2O2/c1-25(2,3)35-24(30)28(17-5-6-18-9-11-19(26)12-10-18)23-8-4-7-22(23)27-36(33,34)21-15-13-20(14-16-21)29(31)32;1-19(2,3)24-18(23)22(17-8-4-7-16(17)21)13-5-6-14-9-11-15(20)12-10-14/h9-16,22-23,27H,4-8,17H2,1-3H3;9-12,16-17H,4-8,13,21H2,1-3H3/t22-,23-;16-,17-/m11/s1. The molecule has 0 bridgehead atoms. The van der Waals surface area contributed by atoms with Crippen molar-refractivity contribution in [3.63, 3.8) is 0 Å². The van der Waals surface area contributed by atoms with Crippen molar-refractivity contribution in [2.45, 2.75) is 146 Å². The van der Waals surface area contributed by atoms with Crippen molar-refractivity contribution in [2.24, 2.45) is 5.73 Å².